The first-order valence-corrected chi connectivity index (χ1v) is 4.57. The zero-order valence-electron chi connectivity index (χ0n) is 8.36. The van der Waals surface area contributed by atoms with Gasteiger partial charge in [0.1, 0.15) is 5.82 Å². The zero-order chi connectivity index (χ0) is 10.4. The first-order chi connectivity index (χ1) is 6.74. The van der Waals surface area contributed by atoms with Gasteiger partial charge in [0.15, 0.2) is 0 Å². The standard InChI is InChI=1S/C10H15N3O/c1-3-4-5-10(14)13(2)8-9-11-6-7-12-9/h3,6-7H,1,4-5,8H2,2H3,(H,11,12). The number of rotatable bonds is 5. The molecule has 0 fully saturated rings. The molecule has 0 aliphatic heterocycles. The second kappa shape index (κ2) is 5.21. The van der Waals surface area contributed by atoms with E-state index in [1.807, 2.05) is 0 Å². The minimum absolute atomic E-state index is 0.112. The Morgan fingerprint density at radius 3 is 3.14 bits per heavy atom. The average Bonchev–Trinajstić information content (AvgIpc) is 2.66. The summed E-state index contributed by atoms with van der Waals surface area (Å²) in [6.45, 7) is 4.11. The Labute approximate surface area is 83.6 Å². The molecule has 4 nitrogen and oxygen atoms in total. The molecule has 76 valence electrons. The van der Waals surface area contributed by atoms with E-state index in [1.54, 1.807) is 30.4 Å². The van der Waals surface area contributed by atoms with Crippen LogP contribution in [0.15, 0.2) is 25.0 Å². The van der Waals surface area contributed by atoms with Crippen LogP contribution in [0.5, 0.6) is 0 Å². The summed E-state index contributed by atoms with van der Waals surface area (Å²) < 4.78 is 0. The quantitative estimate of drug-likeness (QED) is 0.717. The molecule has 1 heterocycles. The monoisotopic (exact) mass is 193 g/mol. The second-order valence-corrected chi connectivity index (χ2v) is 3.11. The zero-order valence-corrected chi connectivity index (χ0v) is 8.36. The molecule has 0 aliphatic carbocycles. The number of carbonyl (C=O) groups is 1. The van der Waals surface area contributed by atoms with Gasteiger partial charge in [-0.2, -0.15) is 0 Å². The highest BCUT2D eigenvalue weighted by atomic mass is 16.2. The fourth-order valence-electron chi connectivity index (χ4n) is 1.11. The predicted molar refractivity (Wildman–Crippen MR) is 54.5 cm³/mol. The molecular formula is C10H15N3O. The Hall–Kier alpha value is -1.58. The summed E-state index contributed by atoms with van der Waals surface area (Å²) in [6, 6.07) is 0. The van der Waals surface area contributed by atoms with Crippen molar-refractivity contribution in [2.75, 3.05) is 7.05 Å². The molecule has 0 radical (unpaired) electrons. The average molecular weight is 193 g/mol. The Morgan fingerprint density at radius 1 is 1.79 bits per heavy atom. The van der Waals surface area contributed by atoms with E-state index in [0.717, 1.165) is 12.2 Å². The van der Waals surface area contributed by atoms with Crippen molar-refractivity contribution in [2.45, 2.75) is 19.4 Å². The maximum atomic E-state index is 11.5. The van der Waals surface area contributed by atoms with Gasteiger partial charge >= 0.3 is 0 Å². The van der Waals surface area contributed by atoms with Crippen LogP contribution in [0.1, 0.15) is 18.7 Å². The van der Waals surface area contributed by atoms with Crippen molar-refractivity contribution in [1.82, 2.24) is 14.9 Å². The summed E-state index contributed by atoms with van der Waals surface area (Å²) in [7, 11) is 1.77. The maximum absolute atomic E-state index is 11.5. The van der Waals surface area contributed by atoms with Crippen molar-refractivity contribution in [3.63, 3.8) is 0 Å². The number of aromatic nitrogens is 2. The fourth-order valence-corrected chi connectivity index (χ4v) is 1.11. The molecule has 0 atom stereocenters. The molecule has 0 saturated heterocycles. The fraction of sp³-hybridized carbons (Fsp3) is 0.400. The molecule has 1 aromatic rings. The Balaban J connectivity index is 2.37. The highest BCUT2D eigenvalue weighted by molar-refractivity contribution is 5.75. The van der Waals surface area contributed by atoms with Gasteiger partial charge in [0.25, 0.3) is 0 Å². The lowest BCUT2D eigenvalue weighted by molar-refractivity contribution is -0.130. The SMILES string of the molecule is C=CCCC(=O)N(C)Cc1ncc[nH]1. The lowest BCUT2D eigenvalue weighted by Gasteiger charge is -2.14. The first kappa shape index (κ1) is 10.5. The van der Waals surface area contributed by atoms with E-state index >= 15 is 0 Å². The number of imidazole rings is 1. The minimum atomic E-state index is 0.112. The molecule has 0 unspecified atom stereocenters. The number of nitrogens with zero attached hydrogens (tertiary/aromatic N) is 2. The summed E-state index contributed by atoms with van der Waals surface area (Å²) in [5.74, 6) is 0.917. The van der Waals surface area contributed by atoms with E-state index in [4.69, 9.17) is 0 Å². The lowest BCUT2D eigenvalue weighted by atomic mass is 10.3. The molecule has 4 heteroatoms. The number of hydrogen-bond acceptors (Lipinski definition) is 2. The third kappa shape index (κ3) is 3.05. The van der Waals surface area contributed by atoms with Crippen molar-refractivity contribution < 1.29 is 4.79 Å². The van der Waals surface area contributed by atoms with Crippen LogP contribution in [0.3, 0.4) is 0 Å². The summed E-state index contributed by atoms with van der Waals surface area (Å²) >= 11 is 0. The number of H-pyrrole nitrogens is 1. The van der Waals surface area contributed by atoms with E-state index in [0.29, 0.717) is 13.0 Å². The molecule has 0 aliphatic rings. The van der Waals surface area contributed by atoms with Gasteiger partial charge in [-0.05, 0) is 6.42 Å². The van der Waals surface area contributed by atoms with Crippen LogP contribution in [-0.4, -0.2) is 27.8 Å². The number of amides is 1. The highest BCUT2D eigenvalue weighted by Crippen LogP contribution is 2.00. The predicted octanol–water partition coefficient (Wildman–Crippen LogP) is 1.33. The molecule has 0 spiro atoms. The van der Waals surface area contributed by atoms with Crippen LogP contribution < -0.4 is 0 Å². The van der Waals surface area contributed by atoms with Crippen LogP contribution >= 0.6 is 0 Å². The molecular weight excluding hydrogens is 178 g/mol. The Kier molecular flexibility index (Phi) is 3.91. The summed E-state index contributed by atoms with van der Waals surface area (Å²) in [4.78, 5) is 20.1. The molecule has 1 N–H and O–H groups in total. The van der Waals surface area contributed by atoms with Gasteiger partial charge in [-0.15, -0.1) is 6.58 Å². The van der Waals surface area contributed by atoms with Gasteiger partial charge in [0.2, 0.25) is 5.91 Å². The van der Waals surface area contributed by atoms with Crippen molar-refractivity contribution >= 4 is 5.91 Å². The molecule has 14 heavy (non-hydrogen) atoms. The summed E-state index contributed by atoms with van der Waals surface area (Å²) in [5, 5.41) is 0. The van der Waals surface area contributed by atoms with E-state index in [9.17, 15) is 4.79 Å². The van der Waals surface area contributed by atoms with Crippen LogP contribution in [-0.2, 0) is 11.3 Å². The van der Waals surface area contributed by atoms with Crippen LogP contribution in [0.4, 0.5) is 0 Å². The third-order valence-electron chi connectivity index (χ3n) is 1.93. The van der Waals surface area contributed by atoms with Crippen molar-refractivity contribution in [1.29, 1.82) is 0 Å². The number of aromatic amines is 1. The first-order valence-electron chi connectivity index (χ1n) is 4.57. The molecule has 1 aromatic heterocycles. The van der Waals surface area contributed by atoms with Crippen LogP contribution in [0.25, 0.3) is 0 Å². The second-order valence-electron chi connectivity index (χ2n) is 3.11. The van der Waals surface area contributed by atoms with Gasteiger partial charge in [0.05, 0.1) is 6.54 Å². The molecule has 1 rings (SSSR count). The van der Waals surface area contributed by atoms with Crippen molar-refractivity contribution in [2.24, 2.45) is 0 Å². The maximum Gasteiger partial charge on any atom is 0.223 e. The van der Waals surface area contributed by atoms with Gasteiger partial charge in [0, 0.05) is 25.9 Å². The van der Waals surface area contributed by atoms with Crippen molar-refractivity contribution in [3.8, 4) is 0 Å². The van der Waals surface area contributed by atoms with E-state index in [-0.39, 0.29) is 5.91 Å². The summed E-state index contributed by atoms with van der Waals surface area (Å²) in [5.41, 5.74) is 0. The number of nitrogens with one attached hydrogen (secondary N) is 1. The van der Waals surface area contributed by atoms with Crippen LogP contribution in [0, 0.1) is 0 Å². The van der Waals surface area contributed by atoms with Gasteiger partial charge in [-0.1, -0.05) is 6.08 Å². The Bertz CT molecular complexity index is 292. The van der Waals surface area contributed by atoms with Crippen LogP contribution in [0.2, 0.25) is 0 Å². The number of carbonyl (C=O) groups excluding carboxylic acids is 1. The molecule has 1 amide bonds. The number of hydrogen-bond donors (Lipinski definition) is 1. The molecule has 0 saturated carbocycles. The number of allylic oxidation sites excluding steroid dienone is 1. The normalized spacial score (nSPS) is 9.79. The summed E-state index contributed by atoms with van der Waals surface area (Å²) in [6.07, 6.45) is 6.41. The van der Waals surface area contributed by atoms with E-state index in [1.165, 1.54) is 0 Å². The van der Waals surface area contributed by atoms with Gasteiger partial charge < -0.3 is 9.88 Å². The van der Waals surface area contributed by atoms with E-state index < -0.39 is 0 Å². The van der Waals surface area contributed by atoms with Gasteiger partial charge in [-0.25, -0.2) is 4.98 Å². The minimum Gasteiger partial charge on any atom is -0.347 e. The third-order valence-corrected chi connectivity index (χ3v) is 1.93. The smallest absolute Gasteiger partial charge is 0.223 e. The lowest BCUT2D eigenvalue weighted by Crippen LogP contribution is -2.26. The molecule has 0 aromatic carbocycles. The highest BCUT2D eigenvalue weighted by Gasteiger charge is 2.08. The largest absolute Gasteiger partial charge is 0.347 e. The topological polar surface area (TPSA) is 49.0 Å². The Morgan fingerprint density at radius 2 is 2.57 bits per heavy atom. The van der Waals surface area contributed by atoms with Crippen molar-refractivity contribution in [3.05, 3.63) is 30.9 Å². The van der Waals surface area contributed by atoms with Gasteiger partial charge in [-0.3, -0.25) is 4.79 Å². The molecule has 0 bridgehead atoms. The van der Waals surface area contributed by atoms with E-state index in [2.05, 4.69) is 16.5 Å².